The van der Waals surface area contributed by atoms with E-state index < -0.39 is 0 Å². The molecule has 0 fully saturated rings. The molecule has 1 aromatic heterocycles. The second-order valence-corrected chi connectivity index (χ2v) is 9.18. The van der Waals surface area contributed by atoms with E-state index in [0.29, 0.717) is 22.6 Å². The Morgan fingerprint density at radius 2 is 1.93 bits per heavy atom. The van der Waals surface area contributed by atoms with E-state index in [0.717, 1.165) is 24.9 Å². The predicted octanol–water partition coefficient (Wildman–Crippen LogP) is 4.66. The van der Waals surface area contributed by atoms with Crippen LogP contribution in [0.3, 0.4) is 0 Å². The van der Waals surface area contributed by atoms with Crippen LogP contribution < -0.4 is 10.5 Å². The summed E-state index contributed by atoms with van der Waals surface area (Å²) in [6, 6.07) is 15.6. The van der Waals surface area contributed by atoms with Gasteiger partial charge in [0.25, 0.3) is 5.56 Å². The summed E-state index contributed by atoms with van der Waals surface area (Å²) in [6.07, 6.45) is 2.75. The van der Waals surface area contributed by atoms with E-state index in [2.05, 4.69) is 19.9 Å². The SMILES string of the molecule is CCCCn1c(S[C@@H](C)C(=O)N2c3ccccc3C[C@H]2C)nc2ccccc2c1=O. The molecule has 2 heterocycles. The molecule has 2 atom stereocenters. The number of anilines is 1. The van der Waals surface area contributed by atoms with Gasteiger partial charge in [-0.05, 0) is 50.5 Å². The molecular formula is C24H27N3O2S. The predicted molar refractivity (Wildman–Crippen MR) is 123 cm³/mol. The van der Waals surface area contributed by atoms with Gasteiger partial charge < -0.3 is 4.90 Å². The zero-order chi connectivity index (χ0) is 21.3. The third-order valence-electron chi connectivity index (χ3n) is 5.64. The highest BCUT2D eigenvalue weighted by Gasteiger charge is 2.34. The van der Waals surface area contributed by atoms with Crippen LogP contribution in [-0.4, -0.2) is 26.8 Å². The molecule has 6 heteroatoms. The molecule has 0 bridgehead atoms. The van der Waals surface area contributed by atoms with E-state index in [1.807, 2.05) is 54.3 Å². The second-order valence-electron chi connectivity index (χ2n) is 7.87. The standard InChI is InChI=1S/C24H27N3O2S/c1-4-5-14-26-23(29)19-11-7-8-12-20(19)25-24(26)30-17(3)22(28)27-16(2)15-18-10-6-9-13-21(18)27/h6-13,16-17H,4-5,14-15H2,1-3H3/t16-,17+/m1/s1. The number of nitrogens with zero attached hydrogens (tertiary/aromatic N) is 3. The van der Waals surface area contributed by atoms with E-state index in [-0.39, 0.29) is 22.8 Å². The van der Waals surface area contributed by atoms with Gasteiger partial charge in [0, 0.05) is 18.3 Å². The maximum absolute atomic E-state index is 13.4. The first-order valence-corrected chi connectivity index (χ1v) is 11.5. The fourth-order valence-corrected chi connectivity index (χ4v) is 5.04. The maximum atomic E-state index is 13.4. The number of rotatable bonds is 6. The topological polar surface area (TPSA) is 55.2 Å². The summed E-state index contributed by atoms with van der Waals surface area (Å²) in [5.74, 6) is 0.0573. The molecule has 0 aliphatic carbocycles. The lowest BCUT2D eigenvalue weighted by atomic mass is 10.1. The van der Waals surface area contributed by atoms with Crippen LogP contribution in [0.25, 0.3) is 10.9 Å². The molecule has 0 radical (unpaired) electrons. The number of amides is 1. The molecular weight excluding hydrogens is 394 g/mol. The van der Waals surface area contributed by atoms with Crippen molar-refractivity contribution in [2.24, 2.45) is 0 Å². The van der Waals surface area contributed by atoms with Crippen LogP contribution in [0.15, 0.2) is 58.5 Å². The van der Waals surface area contributed by atoms with Gasteiger partial charge in [-0.15, -0.1) is 0 Å². The largest absolute Gasteiger partial charge is 0.308 e. The van der Waals surface area contributed by atoms with Crippen LogP contribution in [0.5, 0.6) is 0 Å². The van der Waals surface area contributed by atoms with Crippen molar-refractivity contribution in [3.63, 3.8) is 0 Å². The van der Waals surface area contributed by atoms with E-state index in [1.54, 1.807) is 4.57 Å². The summed E-state index contributed by atoms with van der Waals surface area (Å²) in [6.45, 7) is 6.71. The molecule has 0 spiro atoms. The minimum Gasteiger partial charge on any atom is -0.308 e. The molecule has 1 aliphatic rings. The van der Waals surface area contributed by atoms with Crippen molar-refractivity contribution in [3.05, 3.63) is 64.4 Å². The number of thioether (sulfide) groups is 1. The Labute approximate surface area is 181 Å². The third kappa shape index (κ3) is 3.76. The Kier molecular flexibility index (Phi) is 5.95. The quantitative estimate of drug-likeness (QED) is 0.429. The van der Waals surface area contributed by atoms with Gasteiger partial charge in [0.1, 0.15) is 0 Å². The summed E-state index contributed by atoms with van der Waals surface area (Å²) in [7, 11) is 0. The molecule has 0 N–H and O–H groups in total. The number of fused-ring (bicyclic) bond motifs is 2. The minimum atomic E-state index is -0.348. The molecule has 3 aromatic rings. The number of hydrogen-bond donors (Lipinski definition) is 0. The second kappa shape index (κ2) is 8.64. The van der Waals surface area contributed by atoms with Crippen molar-refractivity contribution in [1.82, 2.24) is 9.55 Å². The van der Waals surface area contributed by atoms with Gasteiger partial charge in [-0.1, -0.05) is 55.4 Å². The Bertz CT molecular complexity index is 1140. The fraction of sp³-hybridized carbons (Fsp3) is 0.375. The number of carbonyl (C=O) groups excluding carboxylic acids is 1. The highest BCUT2D eigenvalue weighted by Crippen LogP contribution is 2.34. The van der Waals surface area contributed by atoms with Crippen LogP contribution in [0.1, 0.15) is 39.2 Å². The van der Waals surface area contributed by atoms with Gasteiger partial charge in [0.05, 0.1) is 16.2 Å². The first kappa shape index (κ1) is 20.7. The van der Waals surface area contributed by atoms with Gasteiger partial charge in [-0.25, -0.2) is 4.98 Å². The lowest BCUT2D eigenvalue weighted by molar-refractivity contribution is -0.118. The number of para-hydroxylation sites is 2. The highest BCUT2D eigenvalue weighted by molar-refractivity contribution is 8.00. The van der Waals surface area contributed by atoms with Crippen molar-refractivity contribution in [3.8, 4) is 0 Å². The molecule has 156 valence electrons. The van der Waals surface area contributed by atoms with Crippen LogP contribution in [0.2, 0.25) is 0 Å². The maximum Gasteiger partial charge on any atom is 0.262 e. The Hall–Kier alpha value is -2.60. The number of benzene rings is 2. The first-order valence-electron chi connectivity index (χ1n) is 10.6. The smallest absolute Gasteiger partial charge is 0.262 e. The Balaban J connectivity index is 1.66. The lowest BCUT2D eigenvalue weighted by Gasteiger charge is -2.26. The fourth-order valence-electron chi connectivity index (χ4n) is 4.06. The van der Waals surface area contributed by atoms with E-state index >= 15 is 0 Å². The first-order chi connectivity index (χ1) is 14.5. The summed E-state index contributed by atoms with van der Waals surface area (Å²) in [5.41, 5.74) is 2.85. The summed E-state index contributed by atoms with van der Waals surface area (Å²) >= 11 is 1.38. The molecule has 1 amide bonds. The van der Waals surface area contributed by atoms with Crippen molar-refractivity contribution < 1.29 is 4.79 Å². The van der Waals surface area contributed by atoms with E-state index in [4.69, 9.17) is 4.98 Å². The summed E-state index contributed by atoms with van der Waals surface area (Å²) < 4.78 is 1.74. The molecule has 30 heavy (non-hydrogen) atoms. The Morgan fingerprint density at radius 1 is 1.20 bits per heavy atom. The molecule has 0 unspecified atom stereocenters. The number of hydrogen-bond acceptors (Lipinski definition) is 4. The monoisotopic (exact) mass is 421 g/mol. The summed E-state index contributed by atoms with van der Waals surface area (Å²) in [5, 5.41) is 0.895. The molecule has 5 nitrogen and oxygen atoms in total. The number of unbranched alkanes of at least 4 members (excludes halogenated alkanes) is 1. The molecule has 4 rings (SSSR count). The van der Waals surface area contributed by atoms with Gasteiger partial charge in [0.2, 0.25) is 5.91 Å². The van der Waals surface area contributed by atoms with Crippen LogP contribution in [0.4, 0.5) is 5.69 Å². The van der Waals surface area contributed by atoms with Gasteiger partial charge in [0.15, 0.2) is 5.16 Å². The van der Waals surface area contributed by atoms with Crippen molar-refractivity contribution in [2.75, 3.05) is 4.90 Å². The molecule has 0 saturated heterocycles. The van der Waals surface area contributed by atoms with Crippen molar-refractivity contribution >= 4 is 34.3 Å². The van der Waals surface area contributed by atoms with Crippen molar-refractivity contribution in [1.29, 1.82) is 0 Å². The zero-order valence-corrected chi connectivity index (χ0v) is 18.5. The lowest BCUT2D eigenvalue weighted by Crippen LogP contribution is -2.40. The summed E-state index contributed by atoms with van der Waals surface area (Å²) in [4.78, 5) is 33.1. The van der Waals surface area contributed by atoms with Gasteiger partial charge in [-0.2, -0.15) is 0 Å². The van der Waals surface area contributed by atoms with E-state index in [9.17, 15) is 9.59 Å². The normalized spacial score (nSPS) is 16.6. The van der Waals surface area contributed by atoms with Gasteiger partial charge >= 0.3 is 0 Å². The van der Waals surface area contributed by atoms with Crippen LogP contribution >= 0.6 is 11.8 Å². The average molecular weight is 422 g/mol. The highest BCUT2D eigenvalue weighted by atomic mass is 32.2. The molecule has 2 aromatic carbocycles. The molecule has 0 saturated carbocycles. The van der Waals surface area contributed by atoms with Crippen LogP contribution in [-0.2, 0) is 17.8 Å². The van der Waals surface area contributed by atoms with Crippen molar-refractivity contribution in [2.45, 2.75) is 63.0 Å². The Morgan fingerprint density at radius 3 is 2.73 bits per heavy atom. The van der Waals surface area contributed by atoms with E-state index in [1.165, 1.54) is 17.3 Å². The van der Waals surface area contributed by atoms with Gasteiger partial charge in [-0.3, -0.25) is 14.2 Å². The minimum absolute atomic E-state index is 0.0314. The third-order valence-corrected chi connectivity index (χ3v) is 6.71. The average Bonchev–Trinajstić information content (AvgIpc) is 3.08. The number of aromatic nitrogens is 2. The molecule has 1 aliphatic heterocycles. The number of carbonyl (C=O) groups is 1. The van der Waals surface area contributed by atoms with Crippen LogP contribution in [0, 0.1) is 0 Å². The zero-order valence-electron chi connectivity index (χ0n) is 17.7.